The molecule has 8 heteroatoms. The molecule has 178 valence electrons. The van der Waals surface area contributed by atoms with E-state index in [9.17, 15) is 4.79 Å². The van der Waals surface area contributed by atoms with Crippen molar-refractivity contribution in [3.63, 3.8) is 0 Å². The molecule has 0 aromatic heterocycles. The molecule has 2 aromatic carbocycles. The van der Waals surface area contributed by atoms with E-state index in [1.807, 2.05) is 17.0 Å². The molecule has 1 amide bonds. The number of hydrogen-bond donors (Lipinski definition) is 2. The molecule has 33 heavy (non-hydrogen) atoms. The Morgan fingerprint density at radius 1 is 0.909 bits per heavy atom. The number of ether oxygens (including phenoxy) is 3. The lowest BCUT2D eigenvalue weighted by Crippen LogP contribution is -2.53. The number of carbonyl (C=O) groups excluding carboxylic acids is 1. The SMILES string of the molecule is COc1ccc(CN2CCN(C(=O)C3CC(c4ccc(C)cc4)NN3)CC2)c(OC)c1OC. The summed E-state index contributed by atoms with van der Waals surface area (Å²) in [4.78, 5) is 17.4. The van der Waals surface area contributed by atoms with Gasteiger partial charge in [-0.05, 0) is 25.0 Å². The molecule has 2 saturated heterocycles. The van der Waals surface area contributed by atoms with Gasteiger partial charge in [-0.2, -0.15) is 0 Å². The molecule has 0 bridgehead atoms. The summed E-state index contributed by atoms with van der Waals surface area (Å²) in [5.41, 5.74) is 9.98. The summed E-state index contributed by atoms with van der Waals surface area (Å²) in [5.74, 6) is 2.11. The number of amides is 1. The van der Waals surface area contributed by atoms with Gasteiger partial charge in [0.15, 0.2) is 11.5 Å². The van der Waals surface area contributed by atoms with E-state index in [4.69, 9.17) is 14.2 Å². The summed E-state index contributed by atoms with van der Waals surface area (Å²) in [5, 5.41) is 0. The zero-order chi connectivity index (χ0) is 23.4. The van der Waals surface area contributed by atoms with Crippen LogP contribution in [0.1, 0.15) is 29.2 Å². The number of aryl methyl sites for hydroxylation is 1. The summed E-state index contributed by atoms with van der Waals surface area (Å²) in [6.07, 6.45) is 0.755. The van der Waals surface area contributed by atoms with E-state index in [0.29, 0.717) is 30.3 Å². The average Bonchev–Trinajstić information content (AvgIpc) is 3.34. The quantitative estimate of drug-likeness (QED) is 0.665. The summed E-state index contributed by atoms with van der Waals surface area (Å²) in [6.45, 7) is 5.85. The molecule has 2 aromatic rings. The Morgan fingerprint density at radius 3 is 2.24 bits per heavy atom. The Kier molecular flexibility index (Phi) is 7.37. The number of rotatable bonds is 7. The van der Waals surface area contributed by atoms with Crippen LogP contribution in [0.2, 0.25) is 0 Å². The monoisotopic (exact) mass is 454 g/mol. The van der Waals surface area contributed by atoms with Crippen molar-refractivity contribution in [2.45, 2.75) is 32.0 Å². The average molecular weight is 455 g/mol. The molecule has 2 atom stereocenters. The van der Waals surface area contributed by atoms with E-state index in [1.165, 1.54) is 11.1 Å². The molecule has 0 saturated carbocycles. The van der Waals surface area contributed by atoms with Crippen molar-refractivity contribution in [1.29, 1.82) is 0 Å². The lowest BCUT2D eigenvalue weighted by molar-refractivity contribution is -0.135. The third-order valence-electron chi connectivity index (χ3n) is 6.54. The summed E-state index contributed by atoms with van der Waals surface area (Å²) < 4.78 is 16.5. The number of hydrazine groups is 1. The van der Waals surface area contributed by atoms with Crippen LogP contribution in [0.5, 0.6) is 17.2 Å². The first-order chi connectivity index (χ1) is 16.0. The van der Waals surface area contributed by atoms with Crippen molar-refractivity contribution in [2.24, 2.45) is 0 Å². The number of piperazine rings is 1. The van der Waals surface area contributed by atoms with Crippen molar-refractivity contribution in [3.05, 3.63) is 53.1 Å². The van der Waals surface area contributed by atoms with Gasteiger partial charge in [0.2, 0.25) is 11.7 Å². The van der Waals surface area contributed by atoms with E-state index in [1.54, 1.807) is 21.3 Å². The maximum Gasteiger partial charge on any atom is 0.241 e. The van der Waals surface area contributed by atoms with Crippen LogP contribution in [-0.2, 0) is 11.3 Å². The van der Waals surface area contributed by atoms with Crippen LogP contribution in [0.4, 0.5) is 0 Å². The minimum absolute atomic E-state index is 0.151. The van der Waals surface area contributed by atoms with Gasteiger partial charge in [0, 0.05) is 44.3 Å². The third-order valence-corrected chi connectivity index (χ3v) is 6.54. The number of nitrogens with zero attached hydrogens (tertiary/aromatic N) is 2. The van der Waals surface area contributed by atoms with E-state index >= 15 is 0 Å². The highest BCUT2D eigenvalue weighted by molar-refractivity contribution is 5.82. The molecular formula is C25H34N4O4. The van der Waals surface area contributed by atoms with Gasteiger partial charge in [-0.25, -0.2) is 10.9 Å². The van der Waals surface area contributed by atoms with Gasteiger partial charge in [-0.1, -0.05) is 35.9 Å². The number of nitrogens with one attached hydrogen (secondary N) is 2. The smallest absolute Gasteiger partial charge is 0.241 e. The van der Waals surface area contributed by atoms with Gasteiger partial charge in [-0.3, -0.25) is 9.69 Å². The van der Waals surface area contributed by atoms with Crippen LogP contribution in [0.25, 0.3) is 0 Å². The fraction of sp³-hybridized carbons (Fsp3) is 0.480. The standard InChI is InChI=1S/C25H34N4O4/c1-17-5-7-18(8-6-17)20-15-21(27-26-20)25(30)29-13-11-28(12-14-29)16-19-9-10-22(31-2)24(33-4)23(19)32-3/h5-10,20-21,26-27H,11-16H2,1-4H3. The third kappa shape index (κ3) is 5.08. The van der Waals surface area contributed by atoms with Gasteiger partial charge >= 0.3 is 0 Å². The maximum absolute atomic E-state index is 13.1. The highest BCUT2D eigenvalue weighted by Gasteiger charge is 2.34. The highest BCUT2D eigenvalue weighted by atomic mass is 16.5. The first-order valence-corrected chi connectivity index (χ1v) is 11.4. The van der Waals surface area contributed by atoms with Crippen molar-refractivity contribution in [2.75, 3.05) is 47.5 Å². The van der Waals surface area contributed by atoms with E-state index in [-0.39, 0.29) is 18.0 Å². The molecule has 2 aliphatic heterocycles. The fourth-order valence-corrected chi connectivity index (χ4v) is 4.61. The second-order valence-corrected chi connectivity index (χ2v) is 8.64. The Morgan fingerprint density at radius 2 is 1.61 bits per heavy atom. The topological polar surface area (TPSA) is 75.3 Å². The molecule has 4 rings (SSSR count). The predicted molar refractivity (Wildman–Crippen MR) is 127 cm³/mol. The second kappa shape index (κ2) is 10.4. The molecule has 2 heterocycles. The van der Waals surface area contributed by atoms with Crippen LogP contribution < -0.4 is 25.1 Å². The van der Waals surface area contributed by atoms with Crippen LogP contribution in [0.3, 0.4) is 0 Å². The normalized spacial score (nSPS) is 21.2. The highest BCUT2D eigenvalue weighted by Crippen LogP contribution is 2.40. The molecule has 2 fully saturated rings. The van der Waals surface area contributed by atoms with Crippen LogP contribution >= 0.6 is 0 Å². The largest absolute Gasteiger partial charge is 0.493 e. The van der Waals surface area contributed by atoms with Crippen LogP contribution in [-0.4, -0.2) is 69.3 Å². The minimum atomic E-state index is -0.200. The van der Waals surface area contributed by atoms with Crippen molar-refractivity contribution >= 4 is 5.91 Å². The van der Waals surface area contributed by atoms with Crippen molar-refractivity contribution in [3.8, 4) is 17.2 Å². The second-order valence-electron chi connectivity index (χ2n) is 8.64. The van der Waals surface area contributed by atoms with Crippen molar-refractivity contribution in [1.82, 2.24) is 20.7 Å². The molecule has 0 radical (unpaired) electrons. The van der Waals surface area contributed by atoms with Crippen molar-refractivity contribution < 1.29 is 19.0 Å². The molecule has 2 aliphatic rings. The Bertz CT molecular complexity index is 958. The molecule has 8 nitrogen and oxygen atoms in total. The molecule has 0 spiro atoms. The molecular weight excluding hydrogens is 420 g/mol. The minimum Gasteiger partial charge on any atom is -0.493 e. The maximum atomic E-state index is 13.1. The van der Waals surface area contributed by atoms with Crippen LogP contribution in [0.15, 0.2) is 36.4 Å². The Balaban J connectivity index is 1.32. The summed E-state index contributed by atoms with van der Waals surface area (Å²) >= 11 is 0. The fourth-order valence-electron chi connectivity index (χ4n) is 4.61. The Hall–Kier alpha value is -2.81. The zero-order valence-electron chi connectivity index (χ0n) is 19.9. The zero-order valence-corrected chi connectivity index (χ0v) is 19.9. The van der Waals surface area contributed by atoms with Crippen LogP contribution in [0, 0.1) is 6.92 Å². The lowest BCUT2D eigenvalue weighted by atomic mass is 10.0. The Labute approximate surface area is 195 Å². The van der Waals surface area contributed by atoms with E-state index in [0.717, 1.165) is 31.6 Å². The van der Waals surface area contributed by atoms with Gasteiger partial charge in [0.05, 0.1) is 21.3 Å². The van der Waals surface area contributed by atoms with E-state index in [2.05, 4.69) is 46.9 Å². The number of methoxy groups -OCH3 is 3. The number of benzene rings is 2. The number of carbonyl (C=O) groups is 1. The summed E-state index contributed by atoms with van der Waals surface area (Å²) in [6, 6.07) is 12.3. The number of hydrogen-bond acceptors (Lipinski definition) is 7. The first kappa shape index (κ1) is 23.4. The predicted octanol–water partition coefficient (Wildman–Crippen LogP) is 2.27. The van der Waals surface area contributed by atoms with Gasteiger partial charge in [0.1, 0.15) is 6.04 Å². The van der Waals surface area contributed by atoms with Gasteiger partial charge in [0.25, 0.3) is 0 Å². The van der Waals surface area contributed by atoms with Gasteiger partial charge < -0.3 is 19.1 Å². The lowest BCUT2D eigenvalue weighted by Gasteiger charge is -2.36. The molecule has 2 N–H and O–H groups in total. The summed E-state index contributed by atoms with van der Waals surface area (Å²) in [7, 11) is 4.87. The first-order valence-electron chi connectivity index (χ1n) is 11.4. The molecule has 0 aliphatic carbocycles. The van der Waals surface area contributed by atoms with Gasteiger partial charge in [-0.15, -0.1) is 0 Å². The van der Waals surface area contributed by atoms with E-state index < -0.39 is 0 Å². The molecule has 2 unspecified atom stereocenters.